The number of likely N-dealkylation sites (N-methyl/N-ethyl adjacent to an activating group) is 1. The highest BCUT2D eigenvalue weighted by Gasteiger charge is 2.54. The Balaban J connectivity index is 2.48. The van der Waals surface area contributed by atoms with Gasteiger partial charge in [0.2, 0.25) is 17.7 Å². The van der Waals surface area contributed by atoms with Crippen molar-refractivity contribution in [3.8, 4) is 0 Å². The summed E-state index contributed by atoms with van der Waals surface area (Å²) in [5.74, 6) is -5.06. The number of carbonyl (C=O) groups excluding carboxylic acids is 5. The predicted molar refractivity (Wildman–Crippen MR) is 152 cm³/mol. The molecule has 0 unspecified atom stereocenters. The highest BCUT2D eigenvalue weighted by Crippen LogP contribution is 2.35. The average Bonchev–Trinajstić information content (AvgIpc) is 3.38. The molecule has 0 saturated carbocycles. The maximum absolute atomic E-state index is 14.4. The molecule has 1 saturated heterocycles. The molecule has 1 fully saturated rings. The fourth-order valence-corrected chi connectivity index (χ4v) is 5.27. The number of benzene rings is 1. The zero-order valence-electron chi connectivity index (χ0n) is 24.3. The predicted octanol–water partition coefficient (Wildman–Crippen LogP) is 0.215. The van der Waals surface area contributed by atoms with Crippen LogP contribution in [0.2, 0.25) is 0 Å². The highest BCUT2D eigenvalue weighted by molar-refractivity contribution is 6.14. The van der Waals surface area contributed by atoms with Crippen molar-refractivity contribution in [2.24, 2.45) is 23.3 Å². The van der Waals surface area contributed by atoms with E-state index in [1.807, 2.05) is 13.8 Å². The number of carboxylic acids is 1. The Morgan fingerprint density at radius 2 is 1.71 bits per heavy atom. The minimum absolute atomic E-state index is 0.0115. The number of anilines is 1. The fourth-order valence-electron chi connectivity index (χ4n) is 5.27. The zero-order valence-corrected chi connectivity index (χ0v) is 24.3. The quantitative estimate of drug-likeness (QED) is 0.194. The number of amides is 5. The molecule has 7 N–H and O–H groups in total. The van der Waals surface area contributed by atoms with Crippen molar-refractivity contribution >= 4 is 41.2 Å². The molecule has 1 aliphatic rings. The molecule has 5 amide bonds. The van der Waals surface area contributed by atoms with Gasteiger partial charge in [0.25, 0.3) is 11.8 Å². The Bertz CT molecular complexity index is 1170. The summed E-state index contributed by atoms with van der Waals surface area (Å²) in [7, 11) is 1.44. The normalized spacial score (nSPS) is 17.0. The van der Waals surface area contributed by atoms with Gasteiger partial charge in [0, 0.05) is 13.6 Å². The summed E-state index contributed by atoms with van der Waals surface area (Å²) in [5, 5.41) is 14.9. The van der Waals surface area contributed by atoms with Crippen molar-refractivity contribution in [2.45, 2.75) is 71.0 Å². The second kappa shape index (κ2) is 14.0. The molecule has 0 aliphatic carbocycles. The van der Waals surface area contributed by atoms with Crippen LogP contribution in [0.15, 0.2) is 24.3 Å². The maximum atomic E-state index is 14.4. The van der Waals surface area contributed by atoms with Crippen LogP contribution in [0.4, 0.5) is 5.69 Å². The first-order chi connectivity index (χ1) is 19.1. The van der Waals surface area contributed by atoms with E-state index >= 15 is 0 Å². The third-order valence-corrected chi connectivity index (χ3v) is 7.13. The summed E-state index contributed by atoms with van der Waals surface area (Å²) >= 11 is 0. The third-order valence-electron chi connectivity index (χ3n) is 7.13. The van der Waals surface area contributed by atoms with Gasteiger partial charge in [-0.1, -0.05) is 39.8 Å². The van der Waals surface area contributed by atoms with Gasteiger partial charge in [-0.15, -0.1) is 0 Å². The number of carbonyl (C=O) groups is 6. The first kappa shape index (κ1) is 33.0. The molecule has 2 rings (SSSR count). The summed E-state index contributed by atoms with van der Waals surface area (Å²) in [6.07, 6.45) is 0.964. The number of nitrogens with one attached hydrogen (secondary N) is 2. The standard InChI is InChI=1S/C28H42N6O7/c1-16(2)13-19(23(36)31-15-22(29)35)32-24(37)21-11-8-12-34(21)27(41)28(26(30)40,14-17(3)4)33(5)20-10-7-6-9-18(20)25(38)39/h6-7,9-10,16-17,19,21H,8,11-15H2,1-5H3,(H2,29,35)(H2,30,40)(H,31,36)(H,32,37)(H,38,39)/t19-,21-,28+/m0/s1. The van der Waals surface area contributed by atoms with Crippen molar-refractivity contribution < 1.29 is 33.9 Å². The van der Waals surface area contributed by atoms with Crippen molar-refractivity contribution in [3.63, 3.8) is 0 Å². The van der Waals surface area contributed by atoms with E-state index in [4.69, 9.17) is 11.5 Å². The molecular weight excluding hydrogens is 532 g/mol. The van der Waals surface area contributed by atoms with E-state index in [-0.39, 0.29) is 48.9 Å². The van der Waals surface area contributed by atoms with Gasteiger partial charge < -0.3 is 37.0 Å². The van der Waals surface area contributed by atoms with E-state index in [9.17, 15) is 33.9 Å². The molecule has 1 aliphatic heterocycles. The lowest BCUT2D eigenvalue weighted by Gasteiger charge is -2.43. The fraction of sp³-hybridized carbons (Fsp3) is 0.571. The second-order valence-corrected chi connectivity index (χ2v) is 11.2. The van der Waals surface area contributed by atoms with E-state index in [0.717, 1.165) is 0 Å². The van der Waals surface area contributed by atoms with Gasteiger partial charge in [-0.05, 0) is 49.7 Å². The van der Waals surface area contributed by atoms with Crippen LogP contribution in [0, 0.1) is 11.8 Å². The molecule has 1 heterocycles. The summed E-state index contributed by atoms with van der Waals surface area (Å²) in [5.41, 5.74) is 9.07. The van der Waals surface area contributed by atoms with Gasteiger partial charge in [0.15, 0.2) is 5.54 Å². The van der Waals surface area contributed by atoms with Crippen molar-refractivity contribution in [1.29, 1.82) is 0 Å². The Kier molecular flexibility index (Phi) is 11.2. The van der Waals surface area contributed by atoms with Gasteiger partial charge in [-0.25, -0.2) is 4.79 Å². The molecule has 0 bridgehead atoms. The van der Waals surface area contributed by atoms with E-state index < -0.39 is 59.7 Å². The first-order valence-electron chi connectivity index (χ1n) is 13.7. The SMILES string of the molecule is CC(C)C[C@H](NC(=O)[C@@H]1CCCN1C(=O)[C@@](CC(C)C)(C(N)=O)N(C)c1ccccc1C(=O)O)C(=O)NCC(N)=O. The number of nitrogens with zero attached hydrogens (tertiary/aromatic N) is 2. The number of nitrogens with two attached hydrogens (primary N) is 2. The van der Waals surface area contributed by atoms with Crippen LogP contribution in [-0.4, -0.2) is 83.3 Å². The summed E-state index contributed by atoms with van der Waals surface area (Å²) in [6, 6.07) is 3.99. The minimum Gasteiger partial charge on any atom is -0.478 e. The highest BCUT2D eigenvalue weighted by atomic mass is 16.4. The van der Waals surface area contributed by atoms with Crippen LogP contribution in [0.5, 0.6) is 0 Å². The minimum atomic E-state index is -2.00. The van der Waals surface area contributed by atoms with E-state index in [1.165, 1.54) is 35.0 Å². The lowest BCUT2D eigenvalue weighted by atomic mass is 9.84. The number of para-hydroxylation sites is 1. The summed E-state index contributed by atoms with van der Waals surface area (Å²) < 4.78 is 0. The Labute approximate surface area is 240 Å². The summed E-state index contributed by atoms with van der Waals surface area (Å²) in [4.78, 5) is 79.5. The first-order valence-corrected chi connectivity index (χ1v) is 13.7. The van der Waals surface area contributed by atoms with Crippen LogP contribution in [0.1, 0.15) is 63.7 Å². The number of carboxylic acid groups (broad SMARTS) is 1. The number of rotatable bonds is 14. The van der Waals surface area contributed by atoms with Gasteiger partial charge >= 0.3 is 5.97 Å². The van der Waals surface area contributed by atoms with E-state index in [0.29, 0.717) is 6.42 Å². The molecule has 1 aromatic carbocycles. The molecule has 13 nitrogen and oxygen atoms in total. The smallest absolute Gasteiger partial charge is 0.337 e. The topological polar surface area (TPSA) is 205 Å². The number of hydrogen-bond donors (Lipinski definition) is 5. The molecule has 41 heavy (non-hydrogen) atoms. The third kappa shape index (κ3) is 7.74. The molecule has 0 spiro atoms. The van der Waals surface area contributed by atoms with Crippen LogP contribution >= 0.6 is 0 Å². The van der Waals surface area contributed by atoms with E-state index in [1.54, 1.807) is 19.9 Å². The number of primary amides is 2. The number of likely N-dealkylation sites (tertiary alicyclic amines) is 1. The van der Waals surface area contributed by atoms with Gasteiger partial charge in [0.05, 0.1) is 17.8 Å². The lowest BCUT2D eigenvalue weighted by Crippen LogP contribution is -2.68. The number of hydrogen-bond acceptors (Lipinski definition) is 7. The largest absolute Gasteiger partial charge is 0.478 e. The maximum Gasteiger partial charge on any atom is 0.337 e. The molecule has 3 atom stereocenters. The van der Waals surface area contributed by atoms with Crippen LogP contribution in [-0.2, 0) is 24.0 Å². The lowest BCUT2D eigenvalue weighted by molar-refractivity contribution is -0.148. The summed E-state index contributed by atoms with van der Waals surface area (Å²) in [6.45, 7) is 7.10. The van der Waals surface area contributed by atoms with Crippen molar-refractivity contribution in [2.75, 3.05) is 25.0 Å². The molecule has 0 aromatic heterocycles. The molecule has 226 valence electrons. The monoisotopic (exact) mass is 574 g/mol. The second-order valence-electron chi connectivity index (χ2n) is 11.2. The zero-order chi connectivity index (χ0) is 31.1. The van der Waals surface area contributed by atoms with Gasteiger partial charge in [-0.3, -0.25) is 24.0 Å². The van der Waals surface area contributed by atoms with Crippen LogP contribution in [0.3, 0.4) is 0 Å². The van der Waals surface area contributed by atoms with Gasteiger partial charge in [0.1, 0.15) is 12.1 Å². The number of aromatic carboxylic acids is 1. The van der Waals surface area contributed by atoms with E-state index in [2.05, 4.69) is 10.6 Å². The van der Waals surface area contributed by atoms with Gasteiger partial charge in [-0.2, -0.15) is 0 Å². The Morgan fingerprint density at radius 1 is 1.07 bits per heavy atom. The van der Waals surface area contributed by atoms with Crippen molar-refractivity contribution in [3.05, 3.63) is 29.8 Å². The molecule has 1 aromatic rings. The molecule has 13 heteroatoms. The van der Waals surface area contributed by atoms with Crippen LogP contribution < -0.4 is 27.0 Å². The van der Waals surface area contributed by atoms with Crippen LogP contribution in [0.25, 0.3) is 0 Å². The average molecular weight is 575 g/mol. The van der Waals surface area contributed by atoms with Crippen molar-refractivity contribution in [1.82, 2.24) is 15.5 Å². The Hall–Kier alpha value is -4.16. The Morgan fingerprint density at radius 3 is 2.24 bits per heavy atom. The molecule has 0 radical (unpaired) electrons. The molecular formula is C28H42N6O7.